The summed E-state index contributed by atoms with van der Waals surface area (Å²) in [5.41, 5.74) is 1.19. The number of pyridine rings is 1. The Bertz CT molecular complexity index is 566. The summed E-state index contributed by atoms with van der Waals surface area (Å²) in [5, 5.41) is 12.4. The van der Waals surface area contributed by atoms with Gasteiger partial charge in [-0.2, -0.15) is 11.8 Å². The number of rotatable bonds is 1. The average molecular weight is 259 g/mol. The SMILES string of the molecule is CC1SCCCC1(O)c1cccc2cccnc12. The topological polar surface area (TPSA) is 33.1 Å². The van der Waals surface area contributed by atoms with E-state index in [4.69, 9.17) is 0 Å². The molecule has 0 bridgehead atoms. The van der Waals surface area contributed by atoms with Crippen molar-refractivity contribution in [2.45, 2.75) is 30.6 Å². The normalized spacial score (nSPS) is 28.4. The molecule has 94 valence electrons. The predicted molar refractivity (Wildman–Crippen MR) is 76.8 cm³/mol. The second-order valence-electron chi connectivity index (χ2n) is 4.92. The number of hydrogen-bond acceptors (Lipinski definition) is 3. The third-order valence-electron chi connectivity index (χ3n) is 3.84. The van der Waals surface area contributed by atoms with Crippen molar-refractivity contribution in [3.05, 3.63) is 42.1 Å². The van der Waals surface area contributed by atoms with E-state index >= 15 is 0 Å². The third-order valence-corrected chi connectivity index (χ3v) is 5.26. The van der Waals surface area contributed by atoms with Crippen LogP contribution in [-0.4, -0.2) is 21.1 Å². The van der Waals surface area contributed by atoms with Crippen LogP contribution in [0.4, 0.5) is 0 Å². The molecule has 2 unspecified atom stereocenters. The van der Waals surface area contributed by atoms with Gasteiger partial charge in [0.2, 0.25) is 0 Å². The van der Waals surface area contributed by atoms with Gasteiger partial charge in [0.05, 0.1) is 5.52 Å². The molecule has 1 fully saturated rings. The van der Waals surface area contributed by atoms with Crippen molar-refractivity contribution in [1.29, 1.82) is 0 Å². The summed E-state index contributed by atoms with van der Waals surface area (Å²) >= 11 is 1.85. The molecule has 2 nitrogen and oxygen atoms in total. The minimum Gasteiger partial charge on any atom is -0.384 e. The molecule has 2 heterocycles. The van der Waals surface area contributed by atoms with Crippen LogP contribution in [0.25, 0.3) is 10.9 Å². The Kier molecular flexibility index (Phi) is 3.04. The van der Waals surface area contributed by atoms with E-state index < -0.39 is 5.60 Å². The Hall–Kier alpha value is -1.06. The summed E-state index contributed by atoms with van der Waals surface area (Å²) in [5.74, 6) is 1.14. The molecular formula is C15H17NOS. The second-order valence-corrected chi connectivity index (χ2v) is 6.37. The Labute approximate surface area is 111 Å². The summed E-state index contributed by atoms with van der Waals surface area (Å²) < 4.78 is 0. The highest BCUT2D eigenvalue weighted by molar-refractivity contribution is 8.00. The van der Waals surface area contributed by atoms with Crippen molar-refractivity contribution in [3.8, 4) is 0 Å². The van der Waals surface area contributed by atoms with Gasteiger partial charge in [-0.25, -0.2) is 0 Å². The fourth-order valence-corrected chi connectivity index (χ4v) is 3.94. The van der Waals surface area contributed by atoms with Gasteiger partial charge >= 0.3 is 0 Å². The molecular weight excluding hydrogens is 242 g/mol. The Morgan fingerprint density at radius 3 is 3.00 bits per heavy atom. The van der Waals surface area contributed by atoms with E-state index in [1.54, 1.807) is 6.20 Å². The van der Waals surface area contributed by atoms with Gasteiger partial charge in [0.15, 0.2) is 0 Å². The molecule has 0 amide bonds. The fourth-order valence-electron chi connectivity index (χ4n) is 2.75. The van der Waals surface area contributed by atoms with E-state index in [-0.39, 0.29) is 5.25 Å². The van der Waals surface area contributed by atoms with E-state index in [1.807, 2.05) is 30.0 Å². The van der Waals surface area contributed by atoms with Crippen LogP contribution in [0.15, 0.2) is 36.5 Å². The zero-order valence-electron chi connectivity index (χ0n) is 10.5. The number of aromatic nitrogens is 1. The largest absolute Gasteiger partial charge is 0.384 e. The van der Waals surface area contributed by atoms with Gasteiger partial charge in [-0.1, -0.05) is 31.2 Å². The molecule has 1 aliphatic rings. The molecule has 3 rings (SSSR count). The van der Waals surface area contributed by atoms with Crippen molar-refractivity contribution in [1.82, 2.24) is 4.98 Å². The molecule has 2 atom stereocenters. The van der Waals surface area contributed by atoms with E-state index in [0.29, 0.717) is 0 Å². The van der Waals surface area contributed by atoms with E-state index in [1.165, 1.54) is 0 Å². The van der Waals surface area contributed by atoms with Crippen LogP contribution >= 0.6 is 11.8 Å². The number of hydrogen-bond donors (Lipinski definition) is 1. The van der Waals surface area contributed by atoms with Gasteiger partial charge in [-0.3, -0.25) is 4.98 Å². The molecule has 1 aromatic heterocycles. The number of para-hydroxylation sites is 1. The maximum atomic E-state index is 11.0. The summed E-state index contributed by atoms with van der Waals surface area (Å²) in [6, 6.07) is 10.1. The molecule has 18 heavy (non-hydrogen) atoms. The lowest BCUT2D eigenvalue weighted by Crippen LogP contribution is -2.39. The maximum Gasteiger partial charge on any atom is 0.103 e. The summed E-state index contributed by atoms with van der Waals surface area (Å²) in [6.07, 6.45) is 3.70. The first kappa shape index (κ1) is 12.0. The smallest absolute Gasteiger partial charge is 0.103 e. The first-order chi connectivity index (χ1) is 8.72. The maximum absolute atomic E-state index is 11.0. The molecule has 1 N–H and O–H groups in total. The fraction of sp³-hybridized carbons (Fsp3) is 0.400. The van der Waals surface area contributed by atoms with Crippen molar-refractivity contribution in [2.24, 2.45) is 0 Å². The van der Waals surface area contributed by atoms with Crippen LogP contribution in [0.2, 0.25) is 0 Å². The molecule has 1 saturated heterocycles. The molecule has 1 aliphatic heterocycles. The van der Waals surface area contributed by atoms with E-state index in [2.05, 4.69) is 24.0 Å². The highest BCUT2D eigenvalue weighted by Gasteiger charge is 2.39. The Morgan fingerprint density at radius 2 is 2.17 bits per heavy atom. The highest BCUT2D eigenvalue weighted by atomic mass is 32.2. The van der Waals surface area contributed by atoms with Crippen LogP contribution in [0.1, 0.15) is 25.3 Å². The van der Waals surface area contributed by atoms with Gasteiger partial charge in [-0.05, 0) is 24.7 Å². The number of aliphatic hydroxyl groups is 1. The van der Waals surface area contributed by atoms with Crippen LogP contribution < -0.4 is 0 Å². The predicted octanol–water partition coefficient (Wildman–Crippen LogP) is 3.34. The summed E-state index contributed by atoms with van der Waals surface area (Å²) in [7, 11) is 0. The first-order valence-electron chi connectivity index (χ1n) is 6.40. The lowest BCUT2D eigenvalue weighted by atomic mass is 9.84. The molecule has 2 aromatic rings. The lowest BCUT2D eigenvalue weighted by Gasteiger charge is -2.38. The molecule has 0 radical (unpaired) electrons. The van der Waals surface area contributed by atoms with Crippen LogP contribution in [0, 0.1) is 0 Å². The number of nitrogens with zero attached hydrogens (tertiary/aromatic N) is 1. The lowest BCUT2D eigenvalue weighted by molar-refractivity contribution is 0.0267. The highest BCUT2D eigenvalue weighted by Crippen LogP contribution is 2.43. The monoisotopic (exact) mass is 259 g/mol. The van der Waals surface area contributed by atoms with Crippen LogP contribution in [-0.2, 0) is 5.60 Å². The zero-order chi connectivity index (χ0) is 12.6. The number of benzene rings is 1. The number of fused-ring (bicyclic) bond motifs is 1. The molecule has 3 heteroatoms. The van der Waals surface area contributed by atoms with Crippen molar-refractivity contribution in [2.75, 3.05) is 5.75 Å². The third kappa shape index (κ3) is 1.82. The average Bonchev–Trinajstić information content (AvgIpc) is 2.41. The summed E-state index contributed by atoms with van der Waals surface area (Å²) in [4.78, 5) is 4.47. The number of thioether (sulfide) groups is 1. The van der Waals surface area contributed by atoms with Gasteiger partial charge in [0, 0.05) is 22.4 Å². The standard InChI is InChI=1S/C15H17NOS/c1-11-15(17,8-4-10-18-11)13-7-2-5-12-6-3-9-16-14(12)13/h2-3,5-7,9,11,17H,4,8,10H2,1H3. The van der Waals surface area contributed by atoms with Gasteiger partial charge in [-0.15, -0.1) is 0 Å². The summed E-state index contributed by atoms with van der Waals surface area (Å²) in [6.45, 7) is 2.12. The van der Waals surface area contributed by atoms with Crippen LogP contribution in [0.3, 0.4) is 0 Å². The molecule has 1 aromatic carbocycles. The second kappa shape index (κ2) is 4.56. The van der Waals surface area contributed by atoms with Crippen molar-refractivity contribution < 1.29 is 5.11 Å². The Morgan fingerprint density at radius 1 is 1.33 bits per heavy atom. The van der Waals surface area contributed by atoms with Gasteiger partial charge in [0.25, 0.3) is 0 Å². The molecule has 0 saturated carbocycles. The van der Waals surface area contributed by atoms with Crippen molar-refractivity contribution in [3.63, 3.8) is 0 Å². The van der Waals surface area contributed by atoms with E-state index in [0.717, 1.165) is 35.1 Å². The first-order valence-corrected chi connectivity index (χ1v) is 7.45. The van der Waals surface area contributed by atoms with Crippen molar-refractivity contribution >= 4 is 22.7 Å². The van der Waals surface area contributed by atoms with Gasteiger partial charge in [0.1, 0.15) is 5.60 Å². The molecule has 0 aliphatic carbocycles. The van der Waals surface area contributed by atoms with E-state index in [9.17, 15) is 5.11 Å². The van der Waals surface area contributed by atoms with Crippen LogP contribution in [0.5, 0.6) is 0 Å². The van der Waals surface area contributed by atoms with Gasteiger partial charge < -0.3 is 5.11 Å². The minimum atomic E-state index is -0.739. The Balaban J connectivity index is 2.19. The quantitative estimate of drug-likeness (QED) is 0.852. The molecule has 0 spiro atoms. The zero-order valence-corrected chi connectivity index (χ0v) is 11.3. The minimum absolute atomic E-state index is 0.221.